The Balaban J connectivity index is 2.03. The van der Waals surface area contributed by atoms with Gasteiger partial charge in [-0.15, -0.1) is 0 Å². The molecule has 2 atom stereocenters. The maximum atomic E-state index is 11.7. The molecule has 0 aromatic heterocycles. The van der Waals surface area contributed by atoms with E-state index in [1.807, 2.05) is 13.8 Å². The highest BCUT2D eigenvalue weighted by Gasteiger charge is 2.35. The van der Waals surface area contributed by atoms with Crippen molar-refractivity contribution in [2.24, 2.45) is 0 Å². The van der Waals surface area contributed by atoms with Crippen LogP contribution in [0.15, 0.2) is 29.2 Å². The number of epoxide rings is 1. The van der Waals surface area contributed by atoms with Gasteiger partial charge in [0.1, 0.15) is 6.10 Å². The summed E-state index contributed by atoms with van der Waals surface area (Å²) in [7, 11) is -3.64. The average molecular weight is 242 g/mol. The molecule has 88 valence electrons. The molecule has 1 heterocycles. The molecule has 0 N–H and O–H groups in total. The lowest BCUT2D eigenvalue weighted by molar-refractivity contribution is 0.264. The van der Waals surface area contributed by atoms with Crippen molar-refractivity contribution in [2.75, 3.05) is 6.61 Å². The van der Waals surface area contributed by atoms with Gasteiger partial charge < -0.3 is 4.74 Å². The van der Waals surface area contributed by atoms with Crippen molar-refractivity contribution in [3.63, 3.8) is 0 Å². The fourth-order valence-corrected chi connectivity index (χ4v) is 2.25. The standard InChI is InChI=1S/C11H14O4S/c1-8-3-5-10(6-4-8)16(12,13)14-7-11-9(2)15-11/h3-6,9,11H,7H2,1-2H3/t9-,11-/m0/s1. The first-order valence-electron chi connectivity index (χ1n) is 5.10. The van der Waals surface area contributed by atoms with Crippen LogP contribution in [0.2, 0.25) is 0 Å². The highest BCUT2D eigenvalue weighted by atomic mass is 32.2. The van der Waals surface area contributed by atoms with Gasteiger partial charge in [-0.05, 0) is 26.0 Å². The van der Waals surface area contributed by atoms with Crippen LogP contribution in [-0.2, 0) is 19.0 Å². The van der Waals surface area contributed by atoms with Gasteiger partial charge in [0, 0.05) is 0 Å². The first kappa shape index (κ1) is 11.6. The third kappa shape index (κ3) is 2.61. The van der Waals surface area contributed by atoms with Gasteiger partial charge in [-0.3, -0.25) is 4.18 Å². The van der Waals surface area contributed by atoms with E-state index in [-0.39, 0.29) is 23.7 Å². The number of rotatable bonds is 4. The predicted molar refractivity (Wildman–Crippen MR) is 58.7 cm³/mol. The molecule has 1 aliphatic heterocycles. The first-order valence-corrected chi connectivity index (χ1v) is 6.51. The molecule has 0 saturated carbocycles. The summed E-state index contributed by atoms with van der Waals surface area (Å²) >= 11 is 0. The Kier molecular flexibility index (Phi) is 3.01. The summed E-state index contributed by atoms with van der Waals surface area (Å²) < 4.78 is 33.4. The molecule has 0 unspecified atom stereocenters. The normalized spacial score (nSPS) is 24.4. The minimum atomic E-state index is -3.64. The van der Waals surface area contributed by atoms with Crippen LogP contribution in [-0.4, -0.2) is 27.2 Å². The molecule has 16 heavy (non-hydrogen) atoms. The second-order valence-corrected chi connectivity index (χ2v) is 5.55. The number of hydrogen-bond donors (Lipinski definition) is 0. The maximum Gasteiger partial charge on any atom is 0.297 e. The van der Waals surface area contributed by atoms with Crippen LogP contribution in [0.4, 0.5) is 0 Å². The molecule has 0 spiro atoms. The largest absolute Gasteiger partial charge is 0.367 e. The smallest absolute Gasteiger partial charge is 0.297 e. The third-order valence-electron chi connectivity index (χ3n) is 2.53. The van der Waals surface area contributed by atoms with Gasteiger partial charge in [0.25, 0.3) is 10.1 Å². The Morgan fingerprint density at radius 3 is 2.38 bits per heavy atom. The summed E-state index contributed by atoms with van der Waals surface area (Å²) in [4.78, 5) is 0.186. The SMILES string of the molecule is Cc1ccc(S(=O)(=O)OC[C@@H]2O[C@H]2C)cc1. The zero-order valence-electron chi connectivity index (χ0n) is 9.21. The monoisotopic (exact) mass is 242 g/mol. The molecular weight excluding hydrogens is 228 g/mol. The highest BCUT2D eigenvalue weighted by Crippen LogP contribution is 2.23. The first-order chi connectivity index (χ1) is 7.49. The minimum absolute atomic E-state index is 0.0831. The van der Waals surface area contributed by atoms with E-state index in [2.05, 4.69) is 0 Å². The van der Waals surface area contributed by atoms with Gasteiger partial charge >= 0.3 is 0 Å². The molecule has 0 amide bonds. The molecular formula is C11H14O4S. The van der Waals surface area contributed by atoms with Crippen LogP contribution in [0.1, 0.15) is 12.5 Å². The van der Waals surface area contributed by atoms with Crippen molar-refractivity contribution in [3.05, 3.63) is 29.8 Å². The second kappa shape index (κ2) is 4.16. The predicted octanol–water partition coefficient (Wildman–Crippen LogP) is 1.49. The van der Waals surface area contributed by atoms with E-state index in [1.165, 1.54) is 0 Å². The summed E-state index contributed by atoms with van der Waals surface area (Å²) in [5, 5.41) is 0. The Labute approximate surface area is 95.3 Å². The van der Waals surface area contributed by atoms with Crippen LogP contribution in [0.3, 0.4) is 0 Å². The third-order valence-corrected chi connectivity index (χ3v) is 3.83. The maximum absolute atomic E-state index is 11.7. The van der Waals surface area contributed by atoms with Crippen molar-refractivity contribution >= 4 is 10.1 Å². The Morgan fingerprint density at radius 2 is 1.88 bits per heavy atom. The van der Waals surface area contributed by atoms with Gasteiger partial charge in [-0.2, -0.15) is 8.42 Å². The highest BCUT2D eigenvalue weighted by molar-refractivity contribution is 7.86. The van der Waals surface area contributed by atoms with Crippen LogP contribution in [0, 0.1) is 6.92 Å². The van der Waals surface area contributed by atoms with E-state index in [1.54, 1.807) is 24.3 Å². The van der Waals surface area contributed by atoms with E-state index in [0.29, 0.717) is 0 Å². The molecule has 1 aromatic rings. The molecule has 2 rings (SSSR count). The van der Waals surface area contributed by atoms with Crippen molar-refractivity contribution in [1.82, 2.24) is 0 Å². The zero-order chi connectivity index (χ0) is 11.8. The molecule has 4 nitrogen and oxygen atoms in total. The molecule has 1 aliphatic rings. The van der Waals surface area contributed by atoms with Gasteiger partial charge in [0.2, 0.25) is 0 Å². The van der Waals surface area contributed by atoms with E-state index < -0.39 is 10.1 Å². The zero-order valence-corrected chi connectivity index (χ0v) is 10.0. The summed E-state index contributed by atoms with van der Waals surface area (Å²) in [6, 6.07) is 6.57. The lowest BCUT2D eigenvalue weighted by atomic mass is 10.2. The molecule has 0 aliphatic carbocycles. The van der Waals surface area contributed by atoms with E-state index >= 15 is 0 Å². The van der Waals surface area contributed by atoms with Crippen LogP contribution < -0.4 is 0 Å². The van der Waals surface area contributed by atoms with Crippen molar-refractivity contribution in [3.8, 4) is 0 Å². The number of ether oxygens (including phenoxy) is 1. The Morgan fingerprint density at radius 1 is 1.31 bits per heavy atom. The van der Waals surface area contributed by atoms with E-state index in [9.17, 15) is 8.42 Å². The van der Waals surface area contributed by atoms with Gasteiger partial charge in [0.05, 0.1) is 17.6 Å². The van der Waals surface area contributed by atoms with Gasteiger partial charge in [0.15, 0.2) is 0 Å². The average Bonchev–Trinajstić information content (AvgIpc) is 2.93. The fourth-order valence-electron chi connectivity index (χ4n) is 1.33. The van der Waals surface area contributed by atoms with E-state index in [4.69, 9.17) is 8.92 Å². The Bertz CT molecular complexity index is 463. The van der Waals surface area contributed by atoms with Crippen molar-refractivity contribution < 1.29 is 17.3 Å². The van der Waals surface area contributed by atoms with E-state index in [0.717, 1.165) is 5.56 Å². The van der Waals surface area contributed by atoms with Gasteiger partial charge in [-0.25, -0.2) is 0 Å². The summed E-state index contributed by atoms with van der Waals surface area (Å²) in [6.07, 6.45) is 0.0217. The van der Waals surface area contributed by atoms with Crippen molar-refractivity contribution in [1.29, 1.82) is 0 Å². The van der Waals surface area contributed by atoms with Crippen LogP contribution in [0.5, 0.6) is 0 Å². The lowest BCUT2D eigenvalue weighted by Crippen LogP contribution is -2.11. The molecule has 1 fully saturated rings. The number of aryl methyl sites for hydroxylation is 1. The van der Waals surface area contributed by atoms with Gasteiger partial charge in [-0.1, -0.05) is 17.7 Å². The lowest BCUT2D eigenvalue weighted by Gasteiger charge is -2.04. The Hall–Kier alpha value is -0.910. The number of benzene rings is 1. The summed E-state index contributed by atoms with van der Waals surface area (Å²) in [6.45, 7) is 3.88. The molecule has 0 radical (unpaired) electrons. The van der Waals surface area contributed by atoms with Crippen molar-refractivity contribution in [2.45, 2.75) is 31.0 Å². The molecule has 0 bridgehead atoms. The minimum Gasteiger partial charge on any atom is -0.367 e. The fraction of sp³-hybridized carbons (Fsp3) is 0.455. The second-order valence-electron chi connectivity index (χ2n) is 3.93. The molecule has 1 saturated heterocycles. The quantitative estimate of drug-likeness (QED) is 0.593. The topological polar surface area (TPSA) is 55.9 Å². The number of hydrogen-bond acceptors (Lipinski definition) is 4. The van der Waals surface area contributed by atoms with Crippen LogP contribution in [0.25, 0.3) is 0 Å². The summed E-state index contributed by atoms with van der Waals surface area (Å²) in [5.41, 5.74) is 1.01. The molecule has 1 aromatic carbocycles. The van der Waals surface area contributed by atoms with Crippen LogP contribution >= 0.6 is 0 Å². The molecule has 5 heteroatoms. The summed E-state index contributed by atoms with van der Waals surface area (Å²) in [5.74, 6) is 0.